The van der Waals surface area contributed by atoms with Crippen LogP contribution in [0.3, 0.4) is 0 Å². The van der Waals surface area contributed by atoms with Crippen LogP contribution in [-0.4, -0.2) is 41.9 Å². The average molecular weight is 424 g/mol. The predicted octanol–water partition coefficient (Wildman–Crippen LogP) is 1.33. The third-order valence-corrected chi connectivity index (χ3v) is 7.08. The van der Waals surface area contributed by atoms with E-state index >= 15 is 0 Å². The second kappa shape index (κ2) is 8.70. The number of benzene rings is 1. The first-order chi connectivity index (χ1) is 15.1. The number of hydrogen-bond donors (Lipinski definition) is 6. The molecule has 1 aromatic heterocycles. The van der Waals surface area contributed by atoms with Gasteiger partial charge in [0.1, 0.15) is 0 Å². The minimum Gasteiger partial charge on any atom is -0.368 e. The van der Waals surface area contributed by atoms with Gasteiger partial charge in [-0.1, -0.05) is 18.9 Å². The van der Waals surface area contributed by atoms with Crippen molar-refractivity contribution in [1.29, 1.82) is 0 Å². The number of fused-ring (bicyclic) bond motifs is 2. The Morgan fingerprint density at radius 1 is 1.16 bits per heavy atom. The number of amides is 1. The Labute approximate surface area is 183 Å². The van der Waals surface area contributed by atoms with Crippen molar-refractivity contribution in [2.45, 2.75) is 63.4 Å². The largest absolute Gasteiger partial charge is 0.368 e. The maximum Gasteiger partial charge on any atom is 0.240 e. The summed E-state index contributed by atoms with van der Waals surface area (Å²) in [6, 6.07) is 10.7. The molecule has 5 rings (SSSR count). The van der Waals surface area contributed by atoms with E-state index in [0.29, 0.717) is 6.04 Å². The van der Waals surface area contributed by atoms with Gasteiger partial charge in [-0.2, -0.15) is 0 Å². The summed E-state index contributed by atoms with van der Waals surface area (Å²) in [5, 5.41) is 12.2. The monoisotopic (exact) mass is 423 g/mol. The van der Waals surface area contributed by atoms with Crippen molar-refractivity contribution in [1.82, 2.24) is 26.5 Å². The van der Waals surface area contributed by atoms with Crippen LogP contribution in [0.5, 0.6) is 0 Å². The first-order valence-corrected chi connectivity index (χ1v) is 11.5. The van der Waals surface area contributed by atoms with E-state index in [0.717, 1.165) is 48.1 Å². The number of nitrogens with two attached hydrogens (primary N) is 1. The van der Waals surface area contributed by atoms with Gasteiger partial charge in [-0.25, -0.2) is 5.43 Å². The van der Waals surface area contributed by atoms with Crippen LogP contribution in [0, 0.1) is 18.8 Å². The number of aryl methyl sites for hydroxylation is 1. The Balaban J connectivity index is 1.40. The van der Waals surface area contributed by atoms with Gasteiger partial charge in [0, 0.05) is 35.4 Å². The van der Waals surface area contributed by atoms with Gasteiger partial charge in [0.2, 0.25) is 5.91 Å². The highest BCUT2D eigenvalue weighted by atomic mass is 16.2. The number of nitrogens with zero attached hydrogens (tertiary/aromatic N) is 1. The maximum atomic E-state index is 12.8. The molecule has 7 N–H and O–H groups in total. The topological polar surface area (TPSA) is 116 Å². The molecular formula is C23H33N7O. The molecule has 3 heterocycles. The number of rotatable bonds is 4. The number of hydrogen-bond acceptors (Lipinski definition) is 7. The van der Waals surface area contributed by atoms with E-state index < -0.39 is 0 Å². The highest BCUT2D eigenvalue weighted by molar-refractivity contribution is 5.92. The molecule has 0 radical (unpaired) electrons. The quantitative estimate of drug-likeness (QED) is 0.439. The summed E-state index contributed by atoms with van der Waals surface area (Å²) in [7, 11) is 0. The van der Waals surface area contributed by atoms with Crippen molar-refractivity contribution in [3.05, 3.63) is 36.0 Å². The SMILES string of the molecule is Cc1ccc2c(NC3NC(N[C@@H]4CCCC[C@@H]4N)CC4CNNC(=O)C43)cccc2n1. The standard InChI is InChI=1S/C23H33N7O/c1-13-9-10-15-17(26-13)7-4-8-18(15)28-22-21-14(12-25-30-23(21)31)11-20(29-22)27-19-6-3-2-5-16(19)24/h4,7-10,14,16,19-22,25,27-29H,2-3,5-6,11-12,24H2,1H3,(H,30,31)/t14?,16-,19+,20?,21?,22?/m0/s1. The summed E-state index contributed by atoms with van der Waals surface area (Å²) in [5.74, 6) is 0.108. The lowest BCUT2D eigenvalue weighted by atomic mass is 9.80. The third-order valence-electron chi connectivity index (χ3n) is 7.08. The fraction of sp³-hybridized carbons (Fsp3) is 0.565. The highest BCUT2D eigenvalue weighted by Crippen LogP contribution is 2.31. The zero-order valence-corrected chi connectivity index (χ0v) is 18.0. The van der Waals surface area contributed by atoms with Crippen molar-refractivity contribution < 1.29 is 4.79 Å². The Kier molecular flexibility index (Phi) is 5.79. The molecule has 1 amide bonds. The number of carbonyl (C=O) groups is 1. The van der Waals surface area contributed by atoms with Gasteiger partial charge in [-0.05, 0) is 56.4 Å². The maximum absolute atomic E-state index is 12.8. The first kappa shape index (κ1) is 20.6. The number of nitrogens with one attached hydrogen (secondary N) is 5. The summed E-state index contributed by atoms with van der Waals surface area (Å²) in [6.45, 7) is 2.76. The molecule has 8 nitrogen and oxygen atoms in total. The molecule has 3 fully saturated rings. The van der Waals surface area contributed by atoms with Crippen LogP contribution in [0.15, 0.2) is 30.3 Å². The van der Waals surface area contributed by atoms with Gasteiger partial charge >= 0.3 is 0 Å². The molecule has 4 unspecified atom stereocenters. The van der Waals surface area contributed by atoms with Crippen LogP contribution in [0.25, 0.3) is 10.9 Å². The summed E-state index contributed by atoms with van der Waals surface area (Å²) < 4.78 is 0. The van der Waals surface area contributed by atoms with Crippen molar-refractivity contribution in [3.63, 3.8) is 0 Å². The van der Waals surface area contributed by atoms with E-state index in [-0.39, 0.29) is 36.1 Å². The van der Waals surface area contributed by atoms with Crippen LogP contribution in [0.2, 0.25) is 0 Å². The Morgan fingerprint density at radius 2 is 2.03 bits per heavy atom. The smallest absolute Gasteiger partial charge is 0.240 e. The van der Waals surface area contributed by atoms with E-state index in [9.17, 15) is 4.79 Å². The normalized spacial score (nSPS) is 33.5. The van der Waals surface area contributed by atoms with Gasteiger partial charge in [0.05, 0.1) is 23.8 Å². The summed E-state index contributed by atoms with van der Waals surface area (Å²) in [5.41, 5.74) is 15.2. The first-order valence-electron chi connectivity index (χ1n) is 11.5. The number of pyridine rings is 1. The molecule has 1 aliphatic carbocycles. The molecule has 3 aliphatic rings. The number of piperidine rings is 1. The molecule has 0 spiro atoms. The molecule has 1 aromatic carbocycles. The van der Waals surface area contributed by atoms with Crippen molar-refractivity contribution >= 4 is 22.5 Å². The zero-order valence-electron chi connectivity index (χ0n) is 18.0. The lowest BCUT2D eigenvalue weighted by Crippen LogP contribution is -2.69. The van der Waals surface area contributed by atoms with Crippen LogP contribution < -0.4 is 32.5 Å². The second-order valence-corrected chi connectivity index (χ2v) is 9.28. The summed E-state index contributed by atoms with van der Waals surface area (Å²) >= 11 is 0. The minimum atomic E-state index is -0.190. The lowest BCUT2D eigenvalue weighted by molar-refractivity contribution is -0.133. The van der Waals surface area contributed by atoms with Crippen LogP contribution in [0.4, 0.5) is 5.69 Å². The van der Waals surface area contributed by atoms with Gasteiger partial charge in [0.15, 0.2) is 0 Å². The number of carbonyl (C=O) groups excluding carboxylic acids is 1. The summed E-state index contributed by atoms with van der Waals surface area (Å²) in [4.78, 5) is 17.4. The Morgan fingerprint density at radius 3 is 2.90 bits per heavy atom. The van der Waals surface area contributed by atoms with Gasteiger partial charge in [0.25, 0.3) is 0 Å². The Hall–Kier alpha value is -2.26. The third kappa shape index (κ3) is 4.25. The Bertz CT molecular complexity index is 951. The molecular weight excluding hydrogens is 390 g/mol. The molecule has 1 saturated carbocycles. The van der Waals surface area contributed by atoms with Gasteiger partial charge in [-0.3, -0.25) is 25.8 Å². The number of aromatic nitrogens is 1. The highest BCUT2D eigenvalue weighted by Gasteiger charge is 2.44. The van der Waals surface area contributed by atoms with Crippen molar-refractivity contribution in [2.24, 2.45) is 17.6 Å². The molecule has 2 aromatic rings. The van der Waals surface area contributed by atoms with E-state index in [2.05, 4.69) is 43.9 Å². The average Bonchev–Trinajstić information content (AvgIpc) is 2.75. The van der Waals surface area contributed by atoms with Crippen LogP contribution in [-0.2, 0) is 4.79 Å². The number of anilines is 1. The fourth-order valence-corrected chi connectivity index (χ4v) is 5.46. The molecule has 31 heavy (non-hydrogen) atoms. The van der Waals surface area contributed by atoms with Gasteiger partial charge in [-0.15, -0.1) is 0 Å². The fourth-order valence-electron chi connectivity index (χ4n) is 5.46. The van der Waals surface area contributed by atoms with Crippen LogP contribution >= 0.6 is 0 Å². The van der Waals surface area contributed by atoms with E-state index in [1.165, 1.54) is 12.8 Å². The minimum absolute atomic E-state index is 0.0308. The zero-order chi connectivity index (χ0) is 21.4. The predicted molar refractivity (Wildman–Crippen MR) is 122 cm³/mol. The number of hydrazine groups is 1. The molecule has 2 aliphatic heterocycles. The molecule has 0 bridgehead atoms. The molecule has 6 atom stereocenters. The van der Waals surface area contributed by atoms with Gasteiger partial charge < -0.3 is 11.1 Å². The van der Waals surface area contributed by atoms with Crippen molar-refractivity contribution in [3.8, 4) is 0 Å². The van der Waals surface area contributed by atoms with E-state index in [4.69, 9.17) is 5.73 Å². The van der Waals surface area contributed by atoms with E-state index in [1.807, 2.05) is 25.1 Å². The lowest BCUT2D eigenvalue weighted by Gasteiger charge is -2.46. The summed E-state index contributed by atoms with van der Waals surface area (Å²) in [6.07, 6.45) is 5.43. The molecule has 2 saturated heterocycles. The van der Waals surface area contributed by atoms with E-state index in [1.54, 1.807) is 0 Å². The van der Waals surface area contributed by atoms with Crippen LogP contribution in [0.1, 0.15) is 37.8 Å². The second-order valence-electron chi connectivity index (χ2n) is 9.28. The molecule has 8 heteroatoms. The molecule has 166 valence electrons. The van der Waals surface area contributed by atoms with Crippen molar-refractivity contribution in [2.75, 3.05) is 11.9 Å².